The molecule has 9 rings (SSSR count). The van der Waals surface area contributed by atoms with Gasteiger partial charge in [-0.2, -0.15) is 0 Å². The molecule has 1 unspecified atom stereocenters. The number of benzene rings is 4. The van der Waals surface area contributed by atoms with E-state index in [0.717, 1.165) is 91.1 Å². The van der Waals surface area contributed by atoms with Crippen LogP contribution < -0.4 is 27.5 Å². The van der Waals surface area contributed by atoms with Crippen LogP contribution in [-0.2, 0) is 4.79 Å². The Hall–Kier alpha value is -7.00. The molecule has 0 saturated carbocycles. The monoisotopic (exact) mass is 759 g/mol. The fourth-order valence-electron chi connectivity index (χ4n) is 8.10. The van der Waals surface area contributed by atoms with Crippen LogP contribution in [0, 0.1) is 0 Å². The SMILES string of the molecule is NCCCC[C@H](N)C(=O)Nc1ccc(C2=c3ccc([nH]3)=C(c3ccccc3)c3ccc([nH]3)C(c3ccccc3)c3ccc([nH]3)C(c3ccccc3)=C3C=CC2=N3)cc1. The van der Waals surface area contributed by atoms with Crippen LogP contribution >= 0.6 is 0 Å². The second kappa shape index (κ2) is 16.2. The Morgan fingerprint density at radius 2 is 1.17 bits per heavy atom. The molecule has 0 radical (unpaired) electrons. The maximum absolute atomic E-state index is 12.9. The van der Waals surface area contributed by atoms with E-state index >= 15 is 0 Å². The third-order valence-corrected chi connectivity index (χ3v) is 11.0. The molecule has 2 aliphatic rings. The van der Waals surface area contributed by atoms with E-state index in [4.69, 9.17) is 16.5 Å². The van der Waals surface area contributed by atoms with Gasteiger partial charge in [-0.05, 0) is 102 Å². The van der Waals surface area contributed by atoms with Gasteiger partial charge >= 0.3 is 0 Å². The molecule has 286 valence electrons. The second-order valence-corrected chi connectivity index (χ2v) is 14.8. The average molecular weight is 760 g/mol. The van der Waals surface area contributed by atoms with Crippen molar-refractivity contribution in [2.75, 3.05) is 11.9 Å². The zero-order chi connectivity index (χ0) is 39.4. The molecule has 0 aliphatic carbocycles. The van der Waals surface area contributed by atoms with Crippen LogP contribution in [0.25, 0.3) is 16.7 Å². The number of amides is 1. The Bertz CT molecular complexity index is 2790. The molecule has 8 bridgehead atoms. The number of aromatic nitrogens is 3. The Morgan fingerprint density at radius 1 is 0.603 bits per heavy atom. The first kappa shape index (κ1) is 36.6. The van der Waals surface area contributed by atoms with Crippen LogP contribution in [0.2, 0.25) is 0 Å². The highest BCUT2D eigenvalue weighted by Gasteiger charge is 2.25. The molecule has 0 fully saturated rings. The second-order valence-electron chi connectivity index (χ2n) is 14.8. The molecule has 8 nitrogen and oxygen atoms in total. The van der Waals surface area contributed by atoms with Crippen molar-refractivity contribution in [1.82, 2.24) is 15.0 Å². The first-order chi connectivity index (χ1) is 28.5. The number of fused-ring (bicyclic) bond motifs is 7. The topological polar surface area (TPSA) is 141 Å². The number of carbonyl (C=O) groups is 1. The Balaban J connectivity index is 1.26. The van der Waals surface area contributed by atoms with Crippen molar-refractivity contribution in [3.8, 4) is 0 Å². The van der Waals surface area contributed by atoms with Crippen molar-refractivity contribution >= 4 is 34.0 Å². The molecule has 3 aromatic heterocycles. The summed E-state index contributed by atoms with van der Waals surface area (Å²) in [6.45, 7) is 0.586. The van der Waals surface area contributed by atoms with E-state index < -0.39 is 6.04 Å². The number of hydrogen-bond donors (Lipinski definition) is 6. The van der Waals surface area contributed by atoms with Gasteiger partial charge in [0.05, 0.1) is 23.4 Å². The van der Waals surface area contributed by atoms with Crippen LogP contribution in [0.1, 0.15) is 70.2 Å². The van der Waals surface area contributed by atoms with Crippen LogP contribution in [0.4, 0.5) is 5.69 Å². The third-order valence-electron chi connectivity index (χ3n) is 11.0. The van der Waals surface area contributed by atoms with Crippen molar-refractivity contribution in [3.63, 3.8) is 0 Å². The van der Waals surface area contributed by atoms with E-state index in [1.54, 1.807) is 0 Å². The summed E-state index contributed by atoms with van der Waals surface area (Å²) in [5, 5.41) is 4.88. The van der Waals surface area contributed by atoms with Gasteiger partial charge in [-0.1, -0.05) is 110 Å². The number of aliphatic imine (C=N–C) groups is 1. The summed E-state index contributed by atoms with van der Waals surface area (Å²) in [7, 11) is 0. The van der Waals surface area contributed by atoms with E-state index in [1.807, 2.05) is 36.4 Å². The predicted molar refractivity (Wildman–Crippen MR) is 235 cm³/mol. The summed E-state index contributed by atoms with van der Waals surface area (Å²) < 4.78 is 0. The Morgan fingerprint density at radius 3 is 1.81 bits per heavy atom. The molecule has 58 heavy (non-hydrogen) atoms. The molecule has 2 aliphatic heterocycles. The highest BCUT2D eigenvalue weighted by Crippen LogP contribution is 2.37. The molecular weight excluding hydrogens is 715 g/mol. The molecular formula is C50H45N7O. The zero-order valence-electron chi connectivity index (χ0n) is 32.1. The number of carbonyl (C=O) groups excluding carboxylic acids is 1. The summed E-state index contributed by atoms with van der Waals surface area (Å²) in [6, 6.07) is 51.9. The van der Waals surface area contributed by atoms with E-state index in [2.05, 4.69) is 148 Å². The number of rotatable bonds is 10. The van der Waals surface area contributed by atoms with Crippen LogP contribution in [0.3, 0.4) is 0 Å². The van der Waals surface area contributed by atoms with Crippen molar-refractivity contribution in [2.24, 2.45) is 16.5 Å². The molecule has 8 N–H and O–H groups in total. The maximum Gasteiger partial charge on any atom is 0.241 e. The minimum Gasteiger partial charge on any atom is -0.357 e. The zero-order valence-corrected chi connectivity index (χ0v) is 32.1. The third kappa shape index (κ3) is 7.34. The van der Waals surface area contributed by atoms with Gasteiger partial charge in [-0.3, -0.25) is 4.79 Å². The number of aromatic amines is 3. The first-order valence-corrected chi connectivity index (χ1v) is 19.9. The van der Waals surface area contributed by atoms with Gasteiger partial charge in [0.15, 0.2) is 0 Å². The standard InChI is InChI=1S/C50H45N7O/c51-31-11-10-18-37(52)50(58)53-36-21-19-35(20-22-36)49-44-29-27-42(56-44)47(33-14-6-2-7-15-33)40-25-23-38(54-40)46(32-12-4-1-5-13-32)39-24-26-41(55-39)48(34-16-8-3-9-17-34)43-28-30-45(49)57-43/h1-9,12-17,19-30,37,46,54-56H,10-11,18,31,51-52H2,(H,53,58)/t37-,46?/m0/s1. The number of allylic oxidation sites excluding steroid dienone is 2. The highest BCUT2D eigenvalue weighted by atomic mass is 16.2. The maximum atomic E-state index is 12.9. The molecule has 4 aromatic carbocycles. The minimum atomic E-state index is -0.598. The minimum absolute atomic E-state index is 0.0763. The smallest absolute Gasteiger partial charge is 0.241 e. The number of nitrogens with zero attached hydrogens (tertiary/aromatic N) is 1. The number of nitrogens with one attached hydrogen (secondary N) is 4. The molecule has 8 heteroatoms. The molecule has 2 atom stereocenters. The number of unbranched alkanes of at least 4 members (excludes halogenated alkanes) is 1. The molecule has 5 heterocycles. The predicted octanol–water partition coefficient (Wildman–Crippen LogP) is 7.48. The largest absolute Gasteiger partial charge is 0.357 e. The van der Waals surface area contributed by atoms with Gasteiger partial charge in [0, 0.05) is 55.9 Å². The number of nitrogens with two attached hydrogens (primary N) is 2. The molecule has 0 saturated heterocycles. The lowest BCUT2D eigenvalue weighted by atomic mass is 9.93. The number of H-pyrrole nitrogens is 3. The van der Waals surface area contributed by atoms with E-state index in [0.29, 0.717) is 18.7 Å². The van der Waals surface area contributed by atoms with E-state index in [1.165, 1.54) is 5.56 Å². The summed E-state index contributed by atoms with van der Waals surface area (Å²) in [5.74, 6) is -0.283. The van der Waals surface area contributed by atoms with Gasteiger partial charge in [0.2, 0.25) is 5.91 Å². The van der Waals surface area contributed by atoms with E-state index in [9.17, 15) is 4.79 Å². The van der Waals surface area contributed by atoms with Crippen molar-refractivity contribution in [2.45, 2.75) is 31.2 Å². The summed E-state index contributed by atoms with van der Waals surface area (Å²) in [4.78, 5) is 29.9. The fourth-order valence-corrected chi connectivity index (χ4v) is 8.10. The van der Waals surface area contributed by atoms with Crippen molar-refractivity contribution in [1.29, 1.82) is 0 Å². The number of anilines is 1. The summed E-state index contributed by atoms with van der Waals surface area (Å²) in [6.07, 6.45) is 6.44. The van der Waals surface area contributed by atoms with Gasteiger partial charge in [-0.25, -0.2) is 4.99 Å². The van der Waals surface area contributed by atoms with Crippen molar-refractivity contribution in [3.05, 3.63) is 225 Å². The van der Waals surface area contributed by atoms with Crippen LogP contribution in [0.5, 0.6) is 0 Å². The first-order valence-electron chi connectivity index (χ1n) is 19.9. The Kier molecular flexibility index (Phi) is 10.3. The van der Waals surface area contributed by atoms with Gasteiger partial charge in [0.1, 0.15) is 0 Å². The van der Waals surface area contributed by atoms with Gasteiger partial charge in [0.25, 0.3) is 0 Å². The molecule has 1 amide bonds. The van der Waals surface area contributed by atoms with Gasteiger partial charge in [-0.15, -0.1) is 0 Å². The van der Waals surface area contributed by atoms with Crippen molar-refractivity contribution < 1.29 is 4.79 Å². The van der Waals surface area contributed by atoms with Crippen LogP contribution in [-0.4, -0.2) is 39.2 Å². The number of hydrogen-bond acceptors (Lipinski definition) is 4. The highest BCUT2D eigenvalue weighted by molar-refractivity contribution is 6.30. The lowest BCUT2D eigenvalue weighted by molar-refractivity contribution is -0.117. The normalized spacial score (nSPS) is 15.4. The summed E-state index contributed by atoms with van der Waals surface area (Å²) >= 11 is 0. The quantitative estimate of drug-likeness (QED) is 0.0807. The Labute approximate surface area is 337 Å². The average Bonchev–Trinajstić information content (AvgIpc) is 4.11. The van der Waals surface area contributed by atoms with E-state index in [-0.39, 0.29) is 11.8 Å². The van der Waals surface area contributed by atoms with Crippen LogP contribution in [0.15, 0.2) is 175 Å². The lowest BCUT2D eigenvalue weighted by Gasteiger charge is -2.16. The molecule has 0 spiro atoms. The van der Waals surface area contributed by atoms with Gasteiger partial charge < -0.3 is 31.7 Å². The molecule has 7 aromatic rings. The summed E-state index contributed by atoms with van der Waals surface area (Å²) in [5.41, 5.74) is 25.6. The lowest BCUT2D eigenvalue weighted by Crippen LogP contribution is -2.35. The fraction of sp³-hybridized carbons (Fsp3) is 0.120.